The van der Waals surface area contributed by atoms with Crippen molar-refractivity contribution in [3.63, 3.8) is 0 Å². The van der Waals surface area contributed by atoms with Crippen molar-refractivity contribution in [3.05, 3.63) is 18.2 Å². The van der Waals surface area contributed by atoms with E-state index < -0.39 is 10.0 Å². The summed E-state index contributed by atoms with van der Waals surface area (Å²) in [6, 6.07) is 4.84. The standard InChI is InChI=1S/C14H16N2O5S/c17-14-8-15(5-6-16(14)10-1-2-10)22(18,19)11-3-4-12-13(7-11)21-9-20-12/h3-4,7,10H,1-2,5-6,8-9H2. The summed E-state index contributed by atoms with van der Waals surface area (Å²) in [7, 11) is -3.69. The lowest BCUT2D eigenvalue weighted by Crippen LogP contribution is -2.52. The van der Waals surface area contributed by atoms with E-state index in [1.54, 1.807) is 11.0 Å². The highest BCUT2D eigenvalue weighted by molar-refractivity contribution is 7.89. The third-order valence-electron chi connectivity index (χ3n) is 4.19. The quantitative estimate of drug-likeness (QED) is 0.805. The maximum atomic E-state index is 12.7. The minimum Gasteiger partial charge on any atom is -0.454 e. The van der Waals surface area contributed by atoms with Crippen LogP contribution in [0.15, 0.2) is 23.1 Å². The van der Waals surface area contributed by atoms with Gasteiger partial charge in [0, 0.05) is 25.2 Å². The maximum Gasteiger partial charge on any atom is 0.243 e. The Morgan fingerprint density at radius 3 is 2.59 bits per heavy atom. The highest BCUT2D eigenvalue weighted by atomic mass is 32.2. The van der Waals surface area contributed by atoms with Gasteiger partial charge in [-0.3, -0.25) is 4.79 Å². The van der Waals surface area contributed by atoms with E-state index >= 15 is 0 Å². The van der Waals surface area contributed by atoms with E-state index in [9.17, 15) is 13.2 Å². The molecule has 0 bridgehead atoms. The van der Waals surface area contributed by atoms with Crippen molar-refractivity contribution in [1.29, 1.82) is 0 Å². The zero-order valence-electron chi connectivity index (χ0n) is 11.9. The van der Waals surface area contributed by atoms with Gasteiger partial charge in [0.25, 0.3) is 0 Å². The van der Waals surface area contributed by atoms with Crippen LogP contribution in [-0.2, 0) is 14.8 Å². The van der Waals surface area contributed by atoms with Crippen molar-refractivity contribution >= 4 is 15.9 Å². The van der Waals surface area contributed by atoms with Gasteiger partial charge in [-0.05, 0) is 25.0 Å². The highest BCUT2D eigenvalue weighted by Gasteiger charge is 2.39. The van der Waals surface area contributed by atoms with Crippen molar-refractivity contribution in [2.45, 2.75) is 23.8 Å². The Morgan fingerprint density at radius 2 is 1.86 bits per heavy atom. The molecule has 7 nitrogen and oxygen atoms in total. The van der Waals surface area contributed by atoms with Crippen molar-refractivity contribution in [1.82, 2.24) is 9.21 Å². The molecule has 0 aromatic heterocycles. The van der Waals surface area contributed by atoms with E-state index in [4.69, 9.17) is 9.47 Å². The number of ether oxygens (including phenoxy) is 2. The molecule has 0 N–H and O–H groups in total. The summed E-state index contributed by atoms with van der Waals surface area (Å²) in [6.45, 7) is 0.803. The van der Waals surface area contributed by atoms with E-state index in [-0.39, 0.29) is 24.1 Å². The van der Waals surface area contributed by atoms with E-state index in [1.165, 1.54) is 16.4 Å². The van der Waals surface area contributed by atoms with Gasteiger partial charge in [-0.15, -0.1) is 0 Å². The Hall–Kier alpha value is -1.80. The van der Waals surface area contributed by atoms with Crippen LogP contribution in [0.25, 0.3) is 0 Å². The first-order valence-corrected chi connectivity index (χ1v) is 8.69. The van der Waals surface area contributed by atoms with Crippen LogP contribution < -0.4 is 9.47 Å². The average Bonchev–Trinajstić information content (AvgIpc) is 3.23. The molecule has 2 heterocycles. The Morgan fingerprint density at radius 1 is 1.09 bits per heavy atom. The summed E-state index contributed by atoms with van der Waals surface area (Å²) >= 11 is 0. The summed E-state index contributed by atoms with van der Waals surface area (Å²) in [5.41, 5.74) is 0. The van der Waals surface area contributed by atoms with Crippen LogP contribution in [0.4, 0.5) is 0 Å². The summed E-state index contributed by atoms with van der Waals surface area (Å²) in [5, 5.41) is 0. The first kappa shape index (κ1) is 13.8. The number of carbonyl (C=O) groups is 1. The SMILES string of the molecule is O=C1CN(S(=O)(=O)c2ccc3c(c2)OCO3)CCN1C1CC1. The predicted octanol–water partition coefficient (Wildman–Crippen LogP) is 0.411. The molecule has 2 aliphatic heterocycles. The van der Waals surface area contributed by atoms with Crippen LogP contribution >= 0.6 is 0 Å². The maximum absolute atomic E-state index is 12.7. The van der Waals surface area contributed by atoms with Crippen LogP contribution in [0.1, 0.15) is 12.8 Å². The zero-order valence-corrected chi connectivity index (χ0v) is 12.7. The van der Waals surface area contributed by atoms with Gasteiger partial charge in [0.2, 0.25) is 22.7 Å². The van der Waals surface area contributed by atoms with Gasteiger partial charge in [-0.2, -0.15) is 4.31 Å². The highest BCUT2D eigenvalue weighted by Crippen LogP contribution is 2.35. The van der Waals surface area contributed by atoms with Gasteiger partial charge in [0.15, 0.2) is 11.5 Å². The summed E-state index contributed by atoms with van der Waals surface area (Å²) < 4.78 is 37.0. The van der Waals surface area contributed by atoms with E-state index in [0.29, 0.717) is 30.6 Å². The zero-order chi connectivity index (χ0) is 15.3. The monoisotopic (exact) mass is 324 g/mol. The molecule has 1 aromatic carbocycles. The molecule has 0 radical (unpaired) electrons. The van der Waals surface area contributed by atoms with Crippen LogP contribution in [0.3, 0.4) is 0 Å². The Bertz CT molecular complexity index is 729. The second kappa shape index (κ2) is 4.85. The summed E-state index contributed by atoms with van der Waals surface area (Å²) in [6.07, 6.45) is 2.06. The number of benzene rings is 1. The fourth-order valence-electron chi connectivity index (χ4n) is 2.83. The Labute approximate surface area is 128 Å². The van der Waals surface area contributed by atoms with Gasteiger partial charge in [0.1, 0.15) is 0 Å². The molecule has 3 aliphatic rings. The molecule has 22 heavy (non-hydrogen) atoms. The van der Waals surface area contributed by atoms with Gasteiger partial charge >= 0.3 is 0 Å². The smallest absolute Gasteiger partial charge is 0.243 e. The fourth-order valence-corrected chi connectivity index (χ4v) is 4.23. The minimum absolute atomic E-state index is 0.0900. The van der Waals surface area contributed by atoms with Crippen LogP contribution in [0.2, 0.25) is 0 Å². The number of amides is 1. The molecule has 8 heteroatoms. The van der Waals surface area contributed by atoms with Crippen molar-refractivity contribution < 1.29 is 22.7 Å². The number of hydrogen-bond donors (Lipinski definition) is 0. The topological polar surface area (TPSA) is 76.2 Å². The molecule has 1 saturated heterocycles. The number of fused-ring (bicyclic) bond motifs is 1. The lowest BCUT2D eigenvalue weighted by Gasteiger charge is -2.33. The first-order valence-electron chi connectivity index (χ1n) is 7.25. The number of nitrogens with zero attached hydrogens (tertiary/aromatic N) is 2. The first-order chi connectivity index (χ1) is 10.6. The van der Waals surface area contributed by atoms with Gasteiger partial charge in [-0.25, -0.2) is 8.42 Å². The van der Waals surface area contributed by atoms with Crippen LogP contribution in [-0.4, -0.2) is 56.0 Å². The Balaban J connectivity index is 1.57. The fraction of sp³-hybridized carbons (Fsp3) is 0.500. The minimum atomic E-state index is -3.69. The van der Waals surface area contributed by atoms with Crippen LogP contribution in [0, 0.1) is 0 Å². The van der Waals surface area contributed by atoms with E-state index in [0.717, 1.165) is 12.8 Å². The summed E-state index contributed by atoms with van der Waals surface area (Å²) in [4.78, 5) is 14.1. The molecule has 118 valence electrons. The molecule has 4 rings (SSSR count). The average molecular weight is 324 g/mol. The molecular weight excluding hydrogens is 308 g/mol. The van der Waals surface area contributed by atoms with Crippen molar-refractivity contribution in [3.8, 4) is 11.5 Å². The predicted molar refractivity (Wildman–Crippen MR) is 76.1 cm³/mol. The molecule has 1 saturated carbocycles. The molecule has 0 atom stereocenters. The second-order valence-corrected chi connectivity index (χ2v) is 7.61. The van der Waals surface area contributed by atoms with Crippen molar-refractivity contribution in [2.24, 2.45) is 0 Å². The molecule has 2 fully saturated rings. The molecule has 0 spiro atoms. The largest absolute Gasteiger partial charge is 0.454 e. The number of rotatable bonds is 3. The third kappa shape index (κ3) is 2.22. The lowest BCUT2D eigenvalue weighted by atomic mass is 10.3. The van der Waals surface area contributed by atoms with E-state index in [1.807, 2.05) is 0 Å². The second-order valence-electron chi connectivity index (χ2n) is 5.67. The molecule has 1 aliphatic carbocycles. The van der Waals surface area contributed by atoms with Crippen LogP contribution in [0.5, 0.6) is 11.5 Å². The number of piperazine rings is 1. The molecule has 1 amide bonds. The molecule has 0 unspecified atom stereocenters. The van der Waals surface area contributed by atoms with Crippen molar-refractivity contribution in [2.75, 3.05) is 26.4 Å². The van der Waals surface area contributed by atoms with Gasteiger partial charge in [-0.1, -0.05) is 0 Å². The van der Waals surface area contributed by atoms with Gasteiger partial charge in [0.05, 0.1) is 11.4 Å². The lowest BCUT2D eigenvalue weighted by molar-refractivity contribution is -0.134. The van der Waals surface area contributed by atoms with Gasteiger partial charge < -0.3 is 14.4 Å². The normalized spacial score (nSPS) is 22.2. The summed E-state index contributed by atoms with van der Waals surface area (Å²) in [5.74, 6) is 0.843. The molecular formula is C14H16N2O5S. The number of sulfonamides is 1. The number of carbonyl (C=O) groups excluding carboxylic acids is 1. The molecule has 1 aromatic rings. The third-order valence-corrected chi connectivity index (χ3v) is 6.03. The number of hydrogen-bond acceptors (Lipinski definition) is 5. The Kier molecular flexibility index (Phi) is 3.05. The van der Waals surface area contributed by atoms with E-state index in [2.05, 4.69) is 0 Å².